The monoisotopic (exact) mass is 336 g/mol. The number of amides is 1. The largest absolute Gasteiger partial charge is 0.491 e. The van der Waals surface area contributed by atoms with Gasteiger partial charge in [0.2, 0.25) is 5.91 Å². The van der Waals surface area contributed by atoms with Crippen LogP contribution in [0.2, 0.25) is 5.02 Å². The Morgan fingerprint density at radius 1 is 1.57 bits per heavy atom. The molecule has 1 aromatic carbocycles. The highest BCUT2D eigenvalue weighted by Gasteiger charge is 2.22. The van der Waals surface area contributed by atoms with Gasteiger partial charge in [0, 0.05) is 25.7 Å². The minimum atomic E-state index is -0.409. The quantitative estimate of drug-likeness (QED) is 0.918. The molecule has 0 spiro atoms. The van der Waals surface area contributed by atoms with Gasteiger partial charge in [0.1, 0.15) is 11.6 Å². The van der Waals surface area contributed by atoms with E-state index in [1.807, 2.05) is 11.8 Å². The predicted octanol–water partition coefficient (Wildman–Crippen LogP) is 2.49. The van der Waals surface area contributed by atoms with Crippen molar-refractivity contribution >= 4 is 29.9 Å². The van der Waals surface area contributed by atoms with Crippen LogP contribution in [0.1, 0.15) is 13.3 Å². The fourth-order valence-electron chi connectivity index (χ4n) is 2.20. The van der Waals surface area contributed by atoms with Gasteiger partial charge in [0.25, 0.3) is 0 Å². The second-order valence-electron chi connectivity index (χ2n) is 4.81. The van der Waals surface area contributed by atoms with Crippen molar-refractivity contribution in [2.45, 2.75) is 19.4 Å². The molecule has 0 radical (unpaired) electrons. The van der Waals surface area contributed by atoms with Gasteiger partial charge in [-0.3, -0.25) is 4.79 Å². The van der Waals surface area contributed by atoms with Gasteiger partial charge in [-0.2, -0.15) is 0 Å². The highest BCUT2D eigenvalue weighted by molar-refractivity contribution is 6.32. The van der Waals surface area contributed by atoms with Gasteiger partial charge in [0.05, 0.1) is 18.1 Å². The Morgan fingerprint density at radius 3 is 3.00 bits per heavy atom. The summed E-state index contributed by atoms with van der Waals surface area (Å²) in [5.41, 5.74) is 0. The Morgan fingerprint density at radius 2 is 2.33 bits per heavy atom. The van der Waals surface area contributed by atoms with Crippen LogP contribution in [-0.4, -0.2) is 43.1 Å². The number of nitrogens with one attached hydrogen (secondary N) is 1. The van der Waals surface area contributed by atoms with Crippen LogP contribution in [0.5, 0.6) is 5.75 Å². The third kappa shape index (κ3) is 5.02. The van der Waals surface area contributed by atoms with E-state index in [1.54, 1.807) is 0 Å². The van der Waals surface area contributed by atoms with Crippen LogP contribution in [0.25, 0.3) is 0 Å². The Bertz CT molecular complexity index is 488. The Kier molecular flexibility index (Phi) is 7.22. The number of benzene rings is 1. The average molecular weight is 337 g/mol. The molecule has 1 N–H and O–H groups in total. The van der Waals surface area contributed by atoms with Gasteiger partial charge in [-0.25, -0.2) is 4.39 Å². The molecule has 1 aliphatic heterocycles. The lowest BCUT2D eigenvalue weighted by atomic mass is 10.2. The maximum atomic E-state index is 12.9. The molecular formula is C14H19Cl2FN2O2. The minimum absolute atomic E-state index is 0. The fraction of sp³-hybridized carbons (Fsp3) is 0.500. The SMILES string of the molecule is C[C@@H]1CNCCN1C(=O)CCOc1ccc(F)cc1Cl.Cl. The molecule has 1 aliphatic rings. The number of piperazine rings is 1. The van der Waals surface area contributed by atoms with Crippen molar-refractivity contribution in [2.24, 2.45) is 0 Å². The molecule has 1 amide bonds. The Labute approximate surface area is 135 Å². The van der Waals surface area contributed by atoms with Crippen LogP contribution in [0.4, 0.5) is 4.39 Å². The molecule has 1 atom stereocenters. The van der Waals surface area contributed by atoms with Crippen LogP contribution < -0.4 is 10.1 Å². The predicted molar refractivity (Wildman–Crippen MR) is 82.8 cm³/mol. The lowest BCUT2D eigenvalue weighted by molar-refractivity contribution is -0.134. The molecular weight excluding hydrogens is 318 g/mol. The lowest BCUT2D eigenvalue weighted by Gasteiger charge is -2.34. The highest BCUT2D eigenvalue weighted by Crippen LogP contribution is 2.24. The van der Waals surface area contributed by atoms with E-state index in [-0.39, 0.29) is 42.4 Å². The molecule has 1 fully saturated rings. The molecule has 1 aromatic rings. The first-order valence-corrected chi connectivity index (χ1v) is 7.04. The van der Waals surface area contributed by atoms with Gasteiger partial charge < -0.3 is 15.0 Å². The van der Waals surface area contributed by atoms with Crippen molar-refractivity contribution in [3.63, 3.8) is 0 Å². The number of hydrogen-bond donors (Lipinski definition) is 1. The van der Waals surface area contributed by atoms with Gasteiger partial charge in [-0.15, -0.1) is 12.4 Å². The van der Waals surface area contributed by atoms with E-state index in [9.17, 15) is 9.18 Å². The van der Waals surface area contributed by atoms with E-state index < -0.39 is 5.82 Å². The van der Waals surface area contributed by atoms with Crippen LogP contribution in [0.3, 0.4) is 0 Å². The first kappa shape index (κ1) is 18.0. The number of rotatable bonds is 4. The van der Waals surface area contributed by atoms with Crippen LogP contribution in [-0.2, 0) is 4.79 Å². The lowest BCUT2D eigenvalue weighted by Crippen LogP contribution is -2.52. The van der Waals surface area contributed by atoms with Crippen molar-refractivity contribution in [1.29, 1.82) is 0 Å². The van der Waals surface area contributed by atoms with Crippen LogP contribution in [0, 0.1) is 5.82 Å². The molecule has 0 aromatic heterocycles. The summed E-state index contributed by atoms with van der Waals surface area (Å²) in [6.07, 6.45) is 0.290. The standard InChI is InChI=1S/C14H18ClFN2O2.ClH/c1-10-9-17-5-6-18(10)14(19)4-7-20-13-3-2-11(16)8-12(13)15;/h2-3,8,10,17H,4-7,9H2,1H3;1H/t10-;/m1./s1. The number of carbonyl (C=O) groups is 1. The van der Waals surface area contributed by atoms with Crippen molar-refractivity contribution in [3.8, 4) is 5.75 Å². The zero-order valence-electron chi connectivity index (χ0n) is 11.8. The molecule has 1 heterocycles. The molecule has 0 saturated carbocycles. The van der Waals surface area contributed by atoms with Crippen molar-refractivity contribution < 1.29 is 13.9 Å². The molecule has 118 valence electrons. The van der Waals surface area contributed by atoms with Crippen molar-refractivity contribution in [1.82, 2.24) is 10.2 Å². The molecule has 4 nitrogen and oxygen atoms in total. The summed E-state index contributed by atoms with van der Waals surface area (Å²) < 4.78 is 18.3. The smallest absolute Gasteiger partial charge is 0.226 e. The van der Waals surface area contributed by atoms with Gasteiger partial charge in [-0.05, 0) is 25.1 Å². The van der Waals surface area contributed by atoms with Crippen LogP contribution >= 0.6 is 24.0 Å². The van der Waals surface area contributed by atoms with Crippen LogP contribution in [0.15, 0.2) is 18.2 Å². The molecule has 1 saturated heterocycles. The van der Waals surface area contributed by atoms with E-state index in [4.69, 9.17) is 16.3 Å². The minimum Gasteiger partial charge on any atom is -0.491 e. The fourth-order valence-corrected chi connectivity index (χ4v) is 2.42. The van der Waals surface area contributed by atoms with Gasteiger partial charge in [0.15, 0.2) is 0 Å². The number of nitrogens with zero attached hydrogens (tertiary/aromatic N) is 1. The van der Waals surface area contributed by atoms with E-state index in [0.717, 1.165) is 19.6 Å². The Balaban J connectivity index is 0.00000220. The van der Waals surface area contributed by atoms with E-state index >= 15 is 0 Å². The van der Waals surface area contributed by atoms with E-state index in [1.165, 1.54) is 18.2 Å². The topological polar surface area (TPSA) is 41.6 Å². The number of ether oxygens (including phenoxy) is 1. The Hall–Kier alpha value is -1.04. The molecule has 21 heavy (non-hydrogen) atoms. The normalized spacial score (nSPS) is 18.0. The number of hydrogen-bond acceptors (Lipinski definition) is 3. The summed E-state index contributed by atoms with van der Waals surface area (Å²) in [4.78, 5) is 13.9. The highest BCUT2D eigenvalue weighted by atomic mass is 35.5. The molecule has 0 bridgehead atoms. The van der Waals surface area contributed by atoms with E-state index in [2.05, 4.69) is 5.32 Å². The molecule has 2 rings (SSSR count). The first-order chi connectivity index (χ1) is 9.58. The average Bonchev–Trinajstić information content (AvgIpc) is 2.41. The molecule has 7 heteroatoms. The van der Waals surface area contributed by atoms with Crippen molar-refractivity contribution in [3.05, 3.63) is 29.0 Å². The summed E-state index contributed by atoms with van der Waals surface area (Å²) in [6, 6.07) is 4.14. The number of halogens is 3. The summed E-state index contributed by atoms with van der Waals surface area (Å²) in [5, 5.41) is 3.45. The second kappa shape index (κ2) is 8.41. The summed E-state index contributed by atoms with van der Waals surface area (Å²) >= 11 is 5.85. The third-order valence-corrected chi connectivity index (χ3v) is 3.58. The second-order valence-corrected chi connectivity index (χ2v) is 5.22. The van der Waals surface area contributed by atoms with Gasteiger partial charge in [-0.1, -0.05) is 11.6 Å². The molecule has 0 unspecified atom stereocenters. The summed E-state index contributed by atoms with van der Waals surface area (Å²) in [5.74, 6) is 0.0551. The molecule has 0 aliphatic carbocycles. The maximum absolute atomic E-state index is 12.9. The first-order valence-electron chi connectivity index (χ1n) is 6.66. The summed E-state index contributed by atoms with van der Waals surface area (Å²) in [6.45, 7) is 4.61. The van der Waals surface area contributed by atoms with Gasteiger partial charge >= 0.3 is 0 Å². The zero-order chi connectivity index (χ0) is 14.5. The third-order valence-electron chi connectivity index (χ3n) is 3.29. The van der Waals surface area contributed by atoms with E-state index in [0.29, 0.717) is 5.75 Å². The maximum Gasteiger partial charge on any atom is 0.226 e. The number of carbonyl (C=O) groups excluding carboxylic acids is 1. The summed E-state index contributed by atoms with van der Waals surface area (Å²) in [7, 11) is 0. The zero-order valence-corrected chi connectivity index (χ0v) is 13.3. The van der Waals surface area contributed by atoms with Crippen molar-refractivity contribution in [2.75, 3.05) is 26.2 Å².